The predicted octanol–water partition coefficient (Wildman–Crippen LogP) is 4.91. The number of nitrogens with one attached hydrogen (secondary N) is 1. The lowest BCUT2D eigenvalue weighted by Gasteiger charge is -2.25. The molecule has 2 unspecified atom stereocenters. The lowest BCUT2D eigenvalue weighted by atomic mass is 9.87. The Kier molecular flexibility index (Phi) is 7.77. The van der Waals surface area contributed by atoms with Crippen LogP contribution in [0.3, 0.4) is 0 Å². The minimum atomic E-state index is -0.548. The summed E-state index contributed by atoms with van der Waals surface area (Å²) in [7, 11) is 0. The quantitative estimate of drug-likeness (QED) is 0.469. The first-order valence-corrected chi connectivity index (χ1v) is 14.1. The fraction of sp³-hybridized carbons (Fsp3) is 0.414. The average molecular weight is 555 g/mol. The molecule has 1 saturated heterocycles. The van der Waals surface area contributed by atoms with E-state index in [9.17, 15) is 14.0 Å². The molecular formula is C29H32F2N4O3S. The summed E-state index contributed by atoms with van der Waals surface area (Å²) >= 11 is 1.31. The van der Waals surface area contributed by atoms with Crippen molar-refractivity contribution in [3.05, 3.63) is 77.0 Å². The zero-order valence-electron chi connectivity index (χ0n) is 22.2. The Morgan fingerprint density at radius 1 is 1.15 bits per heavy atom. The van der Waals surface area contributed by atoms with Gasteiger partial charge >= 0.3 is 0 Å². The molecule has 2 aliphatic heterocycles. The summed E-state index contributed by atoms with van der Waals surface area (Å²) in [5.41, 5.74) is 1.81. The highest BCUT2D eigenvalue weighted by Crippen LogP contribution is 2.48. The van der Waals surface area contributed by atoms with Crippen molar-refractivity contribution in [1.29, 1.82) is 0 Å². The number of hydrogen-bond donors (Lipinski definition) is 1. The van der Waals surface area contributed by atoms with Crippen molar-refractivity contribution in [2.45, 2.75) is 50.4 Å². The molecule has 5 rings (SSSR count). The summed E-state index contributed by atoms with van der Waals surface area (Å²) in [5, 5.41) is 7.27. The Hall–Kier alpha value is -3.24. The molecule has 2 aromatic carbocycles. The summed E-state index contributed by atoms with van der Waals surface area (Å²) < 4.78 is 36.2. The predicted molar refractivity (Wildman–Crippen MR) is 147 cm³/mol. The smallest absolute Gasteiger partial charge is 0.240 e. The normalized spacial score (nSPS) is 19.6. The summed E-state index contributed by atoms with van der Waals surface area (Å²) in [6, 6.07) is 12.3. The molecule has 1 N–H and O–H groups in total. The number of fused-ring (bicyclic) bond motifs is 1. The lowest BCUT2D eigenvalue weighted by molar-refractivity contribution is -0.123. The minimum Gasteiger partial charge on any atom is -0.376 e. The number of carbonyl (C=O) groups excluding carboxylic acids is 2. The van der Waals surface area contributed by atoms with Crippen LogP contribution in [0.2, 0.25) is 0 Å². The fourth-order valence-corrected chi connectivity index (χ4v) is 6.22. The van der Waals surface area contributed by atoms with Gasteiger partial charge in [0.2, 0.25) is 11.8 Å². The zero-order chi connectivity index (χ0) is 27.7. The first kappa shape index (κ1) is 27.3. The maximum atomic E-state index is 15.2. The number of ether oxygens (including phenoxy) is 1. The Morgan fingerprint density at radius 2 is 1.90 bits per heavy atom. The standard InChI is InChI=1S/C29H32F2N4O3S/c1-29(2,3)27-25-26(21-8-4-5-9-22(21)31)39-17-24(37)34(16-23(36)32-15-20-7-6-14-38-20)28(25)35(33-27)19-12-10-18(30)11-13-19/h4-5,8-13,20,26H,6-7,14-17H2,1-3H3,(H,32,36). The largest absolute Gasteiger partial charge is 0.376 e. The van der Waals surface area contributed by atoms with Gasteiger partial charge in [0.15, 0.2) is 0 Å². The molecule has 3 aromatic rings. The van der Waals surface area contributed by atoms with Gasteiger partial charge in [-0.3, -0.25) is 14.5 Å². The van der Waals surface area contributed by atoms with Crippen molar-refractivity contribution in [2.24, 2.45) is 0 Å². The molecule has 0 aliphatic carbocycles. The van der Waals surface area contributed by atoms with E-state index in [-0.39, 0.29) is 36.0 Å². The number of aromatic nitrogens is 2. The molecular weight excluding hydrogens is 522 g/mol. The number of benzene rings is 2. The molecule has 1 fully saturated rings. The van der Waals surface area contributed by atoms with Crippen LogP contribution in [-0.4, -0.2) is 53.1 Å². The van der Waals surface area contributed by atoms with Crippen molar-refractivity contribution in [2.75, 3.05) is 30.3 Å². The summed E-state index contributed by atoms with van der Waals surface area (Å²) in [5.74, 6) is -0.985. The van der Waals surface area contributed by atoms with Crippen LogP contribution in [0.5, 0.6) is 0 Å². The van der Waals surface area contributed by atoms with Gasteiger partial charge in [-0.2, -0.15) is 5.10 Å². The topological polar surface area (TPSA) is 76.5 Å². The third-order valence-electron chi connectivity index (χ3n) is 6.91. The van der Waals surface area contributed by atoms with E-state index < -0.39 is 16.5 Å². The van der Waals surface area contributed by atoms with Crippen LogP contribution >= 0.6 is 11.8 Å². The molecule has 0 radical (unpaired) electrons. The lowest BCUT2D eigenvalue weighted by Crippen LogP contribution is -2.44. The average Bonchev–Trinajstić information content (AvgIpc) is 3.53. The van der Waals surface area contributed by atoms with E-state index in [4.69, 9.17) is 9.84 Å². The number of halogens is 2. The molecule has 3 heterocycles. The fourth-order valence-electron chi connectivity index (χ4n) is 5.00. The monoisotopic (exact) mass is 554 g/mol. The molecule has 0 bridgehead atoms. The third-order valence-corrected chi connectivity index (χ3v) is 8.15. The highest BCUT2D eigenvalue weighted by atomic mass is 32.2. The molecule has 39 heavy (non-hydrogen) atoms. The van der Waals surface area contributed by atoms with E-state index in [2.05, 4.69) is 5.32 Å². The van der Waals surface area contributed by atoms with Gasteiger partial charge in [-0.15, -0.1) is 11.8 Å². The summed E-state index contributed by atoms with van der Waals surface area (Å²) in [4.78, 5) is 28.2. The highest BCUT2D eigenvalue weighted by molar-refractivity contribution is 8.00. The highest BCUT2D eigenvalue weighted by Gasteiger charge is 2.40. The van der Waals surface area contributed by atoms with Gasteiger partial charge in [-0.25, -0.2) is 13.5 Å². The van der Waals surface area contributed by atoms with Crippen molar-refractivity contribution in [3.63, 3.8) is 0 Å². The van der Waals surface area contributed by atoms with Crippen molar-refractivity contribution < 1.29 is 23.1 Å². The van der Waals surface area contributed by atoms with Crippen LogP contribution in [0.25, 0.3) is 5.69 Å². The molecule has 206 valence electrons. The summed E-state index contributed by atoms with van der Waals surface area (Å²) in [6.45, 7) is 6.80. The van der Waals surface area contributed by atoms with Gasteiger partial charge in [0.05, 0.1) is 28.5 Å². The third kappa shape index (κ3) is 5.72. The number of anilines is 1. The zero-order valence-corrected chi connectivity index (χ0v) is 23.1. The number of amides is 2. The molecule has 10 heteroatoms. The molecule has 2 aliphatic rings. The van der Waals surface area contributed by atoms with Crippen molar-refractivity contribution >= 4 is 29.4 Å². The van der Waals surface area contributed by atoms with Gasteiger partial charge in [0.25, 0.3) is 0 Å². The first-order valence-electron chi connectivity index (χ1n) is 13.1. The van der Waals surface area contributed by atoms with Crippen LogP contribution < -0.4 is 10.2 Å². The van der Waals surface area contributed by atoms with Crippen LogP contribution in [0.15, 0.2) is 48.5 Å². The number of carbonyl (C=O) groups is 2. The molecule has 2 atom stereocenters. The Bertz CT molecular complexity index is 1360. The van der Waals surface area contributed by atoms with Crippen LogP contribution in [0, 0.1) is 11.6 Å². The second-order valence-corrected chi connectivity index (χ2v) is 11.9. The van der Waals surface area contributed by atoms with E-state index in [0.29, 0.717) is 41.5 Å². The van der Waals surface area contributed by atoms with Gasteiger partial charge in [-0.1, -0.05) is 39.0 Å². The Morgan fingerprint density at radius 3 is 2.56 bits per heavy atom. The van der Waals surface area contributed by atoms with Crippen molar-refractivity contribution in [3.8, 4) is 5.69 Å². The molecule has 0 spiro atoms. The number of nitrogens with zero attached hydrogens (tertiary/aromatic N) is 3. The minimum absolute atomic E-state index is 0.0393. The Labute approximate surface area is 230 Å². The summed E-state index contributed by atoms with van der Waals surface area (Å²) in [6.07, 6.45) is 1.79. The van der Waals surface area contributed by atoms with Crippen LogP contribution in [0.1, 0.15) is 55.7 Å². The number of rotatable bonds is 6. The van der Waals surface area contributed by atoms with E-state index in [0.717, 1.165) is 12.8 Å². The van der Waals surface area contributed by atoms with Crippen molar-refractivity contribution in [1.82, 2.24) is 15.1 Å². The number of thioether (sulfide) groups is 1. The second-order valence-electron chi connectivity index (χ2n) is 10.9. The maximum absolute atomic E-state index is 15.2. The van der Waals surface area contributed by atoms with Gasteiger partial charge in [0.1, 0.15) is 24.0 Å². The van der Waals surface area contributed by atoms with Crippen LogP contribution in [-0.2, 0) is 19.7 Å². The van der Waals surface area contributed by atoms with E-state index in [1.165, 1.54) is 34.9 Å². The maximum Gasteiger partial charge on any atom is 0.240 e. The second kappa shape index (κ2) is 11.1. The molecule has 1 aromatic heterocycles. The SMILES string of the molecule is CC(C)(C)c1nn(-c2ccc(F)cc2)c2c1C(c1ccccc1F)SCC(=O)N2CC(=O)NCC1CCCO1. The molecule has 0 saturated carbocycles. The van der Waals surface area contributed by atoms with Gasteiger partial charge < -0.3 is 10.1 Å². The number of hydrogen-bond acceptors (Lipinski definition) is 5. The van der Waals surface area contributed by atoms with Gasteiger partial charge in [-0.05, 0) is 43.2 Å². The van der Waals surface area contributed by atoms with E-state index in [1.54, 1.807) is 35.0 Å². The van der Waals surface area contributed by atoms with Crippen LogP contribution in [0.4, 0.5) is 14.6 Å². The van der Waals surface area contributed by atoms with E-state index in [1.807, 2.05) is 20.8 Å². The first-order chi connectivity index (χ1) is 18.6. The Balaban J connectivity index is 1.66. The molecule has 2 amide bonds. The van der Waals surface area contributed by atoms with Gasteiger partial charge in [0, 0.05) is 29.7 Å². The molecule has 7 nitrogen and oxygen atoms in total. The van der Waals surface area contributed by atoms with E-state index >= 15 is 4.39 Å².